The van der Waals surface area contributed by atoms with Crippen LogP contribution in [0.3, 0.4) is 0 Å². The number of benzene rings is 1. The van der Waals surface area contributed by atoms with Gasteiger partial charge in [0.1, 0.15) is 6.54 Å². The van der Waals surface area contributed by atoms with Gasteiger partial charge in [-0.3, -0.25) is 4.79 Å². The van der Waals surface area contributed by atoms with Crippen molar-refractivity contribution in [1.82, 2.24) is 4.57 Å². The van der Waals surface area contributed by atoms with Crippen molar-refractivity contribution in [3.63, 3.8) is 0 Å². The summed E-state index contributed by atoms with van der Waals surface area (Å²) in [6, 6.07) is 5.87. The molecular formula is C15H17ClN3O4+. The number of aliphatic hydroxyl groups is 1. The molecule has 0 bridgehead atoms. The maximum Gasteiger partial charge on any atom is 0.365 e. The van der Waals surface area contributed by atoms with Crippen LogP contribution in [0.5, 0.6) is 0 Å². The third-order valence-corrected chi connectivity index (χ3v) is 3.98. The molecule has 0 amide bonds. The van der Waals surface area contributed by atoms with Crippen LogP contribution in [0.15, 0.2) is 30.5 Å². The molecule has 1 aromatic heterocycles. The zero-order valence-electron chi connectivity index (χ0n) is 12.8. The van der Waals surface area contributed by atoms with Crippen molar-refractivity contribution < 1.29 is 19.4 Å². The van der Waals surface area contributed by atoms with E-state index in [1.165, 1.54) is 10.8 Å². The molecule has 7 nitrogen and oxygen atoms in total. The minimum absolute atomic E-state index is 0.0942. The second-order valence-corrected chi connectivity index (χ2v) is 5.56. The number of ketones is 1. The first-order chi connectivity index (χ1) is 10.9. The standard InChI is InChI=1S/C15H17ClN3O4/c1-10(15(21)12-3-5-13(16)6-4-12)18-9-14(19(22)23)17(7-8-20)11(18)2/h3-6,9-10,20H,7-8H2,1-2H3/q+1. The van der Waals surface area contributed by atoms with Gasteiger partial charge in [-0.1, -0.05) is 11.6 Å². The topological polar surface area (TPSA) is 89.2 Å². The Bertz CT molecular complexity index is 740. The molecule has 0 aliphatic rings. The lowest BCUT2D eigenvalue weighted by molar-refractivity contribution is -0.711. The van der Waals surface area contributed by atoms with E-state index in [9.17, 15) is 14.9 Å². The van der Waals surface area contributed by atoms with E-state index in [1.54, 1.807) is 42.7 Å². The SMILES string of the molecule is Cc1n(CCO)c([N+](=O)[O-])c[n+]1C(C)C(=O)c1ccc(Cl)cc1. The predicted molar refractivity (Wildman–Crippen MR) is 83.6 cm³/mol. The first-order valence-corrected chi connectivity index (χ1v) is 7.41. The van der Waals surface area contributed by atoms with Gasteiger partial charge in [0.15, 0.2) is 12.2 Å². The first kappa shape index (κ1) is 17.1. The molecule has 0 aliphatic heterocycles. The fourth-order valence-electron chi connectivity index (χ4n) is 2.49. The Morgan fingerprint density at radius 1 is 1.43 bits per heavy atom. The summed E-state index contributed by atoms with van der Waals surface area (Å²) in [6.45, 7) is 3.22. The lowest BCUT2D eigenvalue weighted by Gasteiger charge is -2.09. The zero-order valence-corrected chi connectivity index (χ0v) is 13.5. The molecule has 1 heterocycles. The molecule has 2 aromatic rings. The summed E-state index contributed by atoms with van der Waals surface area (Å²) >= 11 is 5.81. The summed E-state index contributed by atoms with van der Waals surface area (Å²) in [6.07, 6.45) is 1.32. The number of nitro groups is 1. The van der Waals surface area contributed by atoms with Gasteiger partial charge < -0.3 is 15.2 Å². The van der Waals surface area contributed by atoms with E-state index in [0.29, 0.717) is 16.4 Å². The summed E-state index contributed by atoms with van der Waals surface area (Å²) in [5, 5.41) is 20.8. The molecule has 8 heteroatoms. The highest BCUT2D eigenvalue weighted by Gasteiger charge is 2.30. The van der Waals surface area contributed by atoms with Crippen molar-refractivity contribution in [2.24, 2.45) is 0 Å². The molecule has 1 aromatic carbocycles. The molecular weight excluding hydrogens is 322 g/mol. The molecule has 1 unspecified atom stereocenters. The summed E-state index contributed by atoms with van der Waals surface area (Å²) in [4.78, 5) is 23.2. The summed E-state index contributed by atoms with van der Waals surface area (Å²) in [5.74, 6) is 0.193. The largest absolute Gasteiger partial charge is 0.392 e. The van der Waals surface area contributed by atoms with Gasteiger partial charge in [-0.15, -0.1) is 0 Å². The van der Waals surface area contributed by atoms with E-state index < -0.39 is 11.0 Å². The van der Waals surface area contributed by atoms with Gasteiger partial charge in [0.25, 0.3) is 5.82 Å². The number of Topliss-reactive ketones (excluding diaryl/α,β-unsaturated/α-hetero) is 1. The van der Waals surface area contributed by atoms with E-state index >= 15 is 0 Å². The van der Waals surface area contributed by atoms with Crippen molar-refractivity contribution in [2.75, 3.05) is 6.61 Å². The molecule has 0 radical (unpaired) electrons. The van der Waals surface area contributed by atoms with Gasteiger partial charge in [-0.25, -0.2) is 4.57 Å². The molecule has 1 N–H and O–H groups in total. The Hall–Kier alpha value is -2.25. The van der Waals surface area contributed by atoms with Crippen LogP contribution in [0, 0.1) is 17.0 Å². The number of hydrogen-bond donors (Lipinski definition) is 1. The van der Waals surface area contributed by atoms with E-state index in [4.69, 9.17) is 16.7 Å². The summed E-state index contributed by atoms with van der Waals surface area (Å²) < 4.78 is 2.93. The van der Waals surface area contributed by atoms with Gasteiger partial charge in [0.2, 0.25) is 5.78 Å². The molecule has 0 saturated carbocycles. The highest BCUT2D eigenvalue weighted by atomic mass is 35.5. The van der Waals surface area contributed by atoms with Crippen LogP contribution in [0.1, 0.15) is 29.1 Å². The summed E-state index contributed by atoms with van der Waals surface area (Å²) in [5.41, 5.74) is 0.478. The second-order valence-electron chi connectivity index (χ2n) is 5.12. The second kappa shape index (κ2) is 6.89. The van der Waals surface area contributed by atoms with Crippen LogP contribution in [-0.4, -0.2) is 27.0 Å². The number of aliphatic hydroxyl groups excluding tert-OH is 1. The zero-order chi connectivity index (χ0) is 17.1. The highest BCUT2D eigenvalue weighted by Crippen LogP contribution is 2.18. The van der Waals surface area contributed by atoms with E-state index in [-0.39, 0.29) is 24.8 Å². The maximum absolute atomic E-state index is 12.6. The number of imidazole rings is 1. The lowest BCUT2D eigenvalue weighted by Crippen LogP contribution is -2.43. The molecule has 0 fully saturated rings. The van der Waals surface area contributed by atoms with Crippen molar-refractivity contribution in [1.29, 1.82) is 0 Å². The molecule has 2 rings (SSSR count). The third-order valence-electron chi connectivity index (χ3n) is 3.73. The van der Waals surface area contributed by atoms with Gasteiger partial charge in [0.05, 0.1) is 6.61 Å². The first-order valence-electron chi connectivity index (χ1n) is 7.03. The number of carbonyl (C=O) groups is 1. The molecule has 0 aliphatic carbocycles. The monoisotopic (exact) mass is 338 g/mol. The smallest absolute Gasteiger partial charge is 0.365 e. The Kier molecular flexibility index (Phi) is 5.12. The van der Waals surface area contributed by atoms with Gasteiger partial charge >= 0.3 is 5.82 Å². The highest BCUT2D eigenvalue weighted by molar-refractivity contribution is 6.30. The fourth-order valence-corrected chi connectivity index (χ4v) is 2.61. The molecule has 1 atom stereocenters. The van der Waals surface area contributed by atoms with Crippen LogP contribution in [0.4, 0.5) is 5.82 Å². The fraction of sp³-hybridized carbons (Fsp3) is 0.333. The van der Waals surface area contributed by atoms with Crippen LogP contribution in [0.25, 0.3) is 0 Å². The van der Waals surface area contributed by atoms with Gasteiger partial charge in [-0.2, -0.15) is 4.57 Å². The van der Waals surface area contributed by atoms with E-state index in [1.807, 2.05) is 0 Å². The Balaban J connectivity index is 2.40. The molecule has 0 spiro atoms. The van der Waals surface area contributed by atoms with E-state index in [0.717, 1.165) is 0 Å². The number of aromatic nitrogens is 2. The Morgan fingerprint density at radius 3 is 2.57 bits per heavy atom. The van der Waals surface area contributed by atoms with Crippen molar-refractivity contribution in [2.45, 2.75) is 26.4 Å². The minimum Gasteiger partial charge on any atom is -0.392 e. The van der Waals surface area contributed by atoms with Crippen LogP contribution >= 0.6 is 11.6 Å². The lowest BCUT2D eigenvalue weighted by atomic mass is 10.1. The third kappa shape index (κ3) is 3.40. The Morgan fingerprint density at radius 2 is 2.04 bits per heavy atom. The Labute approximate surface area is 137 Å². The maximum atomic E-state index is 12.6. The molecule has 0 saturated heterocycles. The summed E-state index contributed by atoms with van der Waals surface area (Å²) in [7, 11) is 0. The predicted octanol–water partition coefficient (Wildman–Crippen LogP) is 2.08. The van der Waals surface area contributed by atoms with Crippen molar-refractivity contribution in [3.8, 4) is 0 Å². The molecule has 23 heavy (non-hydrogen) atoms. The van der Waals surface area contributed by atoms with Crippen LogP contribution in [-0.2, 0) is 6.54 Å². The normalized spacial score (nSPS) is 12.2. The van der Waals surface area contributed by atoms with Crippen molar-refractivity contribution in [3.05, 3.63) is 57.0 Å². The van der Waals surface area contributed by atoms with Crippen molar-refractivity contribution >= 4 is 23.2 Å². The number of hydrogen-bond acceptors (Lipinski definition) is 4. The van der Waals surface area contributed by atoms with Gasteiger partial charge in [0, 0.05) is 17.5 Å². The number of carbonyl (C=O) groups excluding carboxylic acids is 1. The molecule has 122 valence electrons. The number of nitrogens with zero attached hydrogens (tertiary/aromatic N) is 3. The van der Waals surface area contributed by atoms with Crippen LogP contribution in [0.2, 0.25) is 5.02 Å². The van der Waals surface area contributed by atoms with E-state index in [2.05, 4.69) is 0 Å². The number of halogens is 1. The van der Waals surface area contributed by atoms with Gasteiger partial charge in [-0.05, 0) is 36.1 Å². The average Bonchev–Trinajstić information content (AvgIpc) is 2.84. The van der Waals surface area contributed by atoms with Crippen LogP contribution < -0.4 is 4.57 Å². The average molecular weight is 339 g/mol. The quantitative estimate of drug-likeness (QED) is 0.378. The number of rotatable bonds is 6. The minimum atomic E-state index is -0.616.